The molecule has 0 radical (unpaired) electrons. The number of nitrogens with one attached hydrogen (secondary N) is 1. The molecule has 1 heterocycles. The molecule has 0 saturated heterocycles. The second kappa shape index (κ2) is 5.75. The van der Waals surface area contributed by atoms with Crippen LogP contribution in [0.5, 0.6) is 0 Å². The Labute approximate surface area is 108 Å². The molecule has 0 aliphatic carbocycles. The van der Waals surface area contributed by atoms with Crippen LogP contribution < -0.4 is 16.0 Å². The van der Waals surface area contributed by atoms with E-state index in [9.17, 15) is 4.79 Å². The summed E-state index contributed by atoms with van der Waals surface area (Å²) in [4.78, 5) is 13.6. The van der Waals surface area contributed by atoms with Crippen molar-refractivity contribution < 1.29 is 4.79 Å². The third-order valence-electron chi connectivity index (χ3n) is 2.64. The van der Waals surface area contributed by atoms with E-state index in [1.807, 2.05) is 44.3 Å². The minimum Gasteiger partial charge on any atom is -0.394 e. The number of carbonyl (C=O) groups excluding carboxylic acids is 1. The number of nitrogen functional groups attached to an aromatic ring is 1. The van der Waals surface area contributed by atoms with Gasteiger partial charge in [0.1, 0.15) is 0 Å². The fraction of sp³-hybridized carbons (Fsp3) is 0.667. The van der Waals surface area contributed by atoms with Crippen molar-refractivity contribution in [2.24, 2.45) is 0 Å². The van der Waals surface area contributed by atoms with E-state index in [0.717, 1.165) is 18.1 Å². The lowest BCUT2D eigenvalue weighted by molar-refractivity contribution is -0.120. The topological polar surface area (TPSA) is 76.2 Å². The minimum atomic E-state index is -0.0200. The van der Waals surface area contributed by atoms with Gasteiger partial charge in [-0.15, -0.1) is 0 Å². The summed E-state index contributed by atoms with van der Waals surface area (Å²) in [5.41, 5.74) is 7.43. The molecular weight excluding hydrogens is 230 g/mol. The first-order valence-electron chi connectivity index (χ1n) is 6.20. The van der Waals surface area contributed by atoms with Crippen LogP contribution in [0.15, 0.2) is 0 Å². The number of nitrogens with zero attached hydrogens (tertiary/aromatic N) is 3. The Kier molecular flexibility index (Phi) is 4.58. The van der Waals surface area contributed by atoms with E-state index in [4.69, 9.17) is 5.73 Å². The molecule has 1 aromatic heterocycles. The van der Waals surface area contributed by atoms with Crippen LogP contribution in [0.1, 0.15) is 26.5 Å². The Morgan fingerprint density at radius 1 is 1.56 bits per heavy atom. The van der Waals surface area contributed by atoms with Crippen molar-refractivity contribution in [3.8, 4) is 0 Å². The molecule has 1 rings (SSSR count). The minimum absolute atomic E-state index is 0.0200. The standard InChI is InChI=1S/C12H23N5O/c1-6-17-12(11(13)9(4)15-17)16(5)7-10(18)14-8(2)3/h8H,6-7,13H2,1-5H3,(H,14,18). The van der Waals surface area contributed by atoms with Gasteiger partial charge in [-0.1, -0.05) is 0 Å². The maximum Gasteiger partial charge on any atom is 0.239 e. The Balaban J connectivity index is 2.84. The number of hydrogen-bond acceptors (Lipinski definition) is 4. The number of aryl methyl sites for hydroxylation is 2. The summed E-state index contributed by atoms with van der Waals surface area (Å²) >= 11 is 0. The largest absolute Gasteiger partial charge is 0.394 e. The highest BCUT2D eigenvalue weighted by Crippen LogP contribution is 2.25. The fourth-order valence-electron chi connectivity index (χ4n) is 1.86. The summed E-state index contributed by atoms with van der Waals surface area (Å²) in [5, 5.41) is 7.19. The molecule has 18 heavy (non-hydrogen) atoms. The highest BCUT2D eigenvalue weighted by atomic mass is 16.2. The van der Waals surface area contributed by atoms with Gasteiger partial charge in [0, 0.05) is 19.6 Å². The normalized spacial score (nSPS) is 10.8. The molecule has 0 atom stereocenters. The van der Waals surface area contributed by atoms with E-state index >= 15 is 0 Å². The highest BCUT2D eigenvalue weighted by Gasteiger charge is 2.17. The number of hydrogen-bond donors (Lipinski definition) is 2. The van der Waals surface area contributed by atoms with Crippen molar-refractivity contribution in [2.45, 2.75) is 40.3 Å². The Hall–Kier alpha value is -1.72. The molecule has 6 nitrogen and oxygen atoms in total. The van der Waals surface area contributed by atoms with Gasteiger partial charge in [-0.25, -0.2) is 4.68 Å². The molecule has 0 saturated carbocycles. The molecule has 1 aromatic rings. The van der Waals surface area contributed by atoms with Gasteiger partial charge in [0.05, 0.1) is 17.9 Å². The molecule has 0 fully saturated rings. The lowest BCUT2D eigenvalue weighted by atomic mass is 10.3. The average Bonchev–Trinajstić information content (AvgIpc) is 2.53. The number of rotatable bonds is 5. The predicted molar refractivity (Wildman–Crippen MR) is 73.6 cm³/mol. The zero-order valence-corrected chi connectivity index (χ0v) is 11.8. The smallest absolute Gasteiger partial charge is 0.239 e. The van der Waals surface area contributed by atoms with E-state index in [1.165, 1.54) is 0 Å². The lowest BCUT2D eigenvalue weighted by Gasteiger charge is -2.21. The van der Waals surface area contributed by atoms with Crippen molar-refractivity contribution >= 4 is 17.4 Å². The van der Waals surface area contributed by atoms with Gasteiger partial charge in [-0.05, 0) is 27.7 Å². The van der Waals surface area contributed by atoms with E-state index in [2.05, 4.69) is 10.4 Å². The first-order valence-corrected chi connectivity index (χ1v) is 6.20. The second-order valence-corrected chi connectivity index (χ2v) is 4.72. The van der Waals surface area contributed by atoms with Crippen LogP contribution in [0, 0.1) is 6.92 Å². The van der Waals surface area contributed by atoms with E-state index in [0.29, 0.717) is 5.69 Å². The third-order valence-corrected chi connectivity index (χ3v) is 2.64. The van der Waals surface area contributed by atoms with E-state index in [1.54, 1.807) is 0 Å². The zero-order valence-electron chi connectivity index (χ0n) is 11.8. The molecule has 0 aromatic carbocycles. The lowest BCUT2D eigenvalue weighted by Crippen LogP contribution is -2.39. The van der Waals surface area contributed by atoms with Crippen LogP contribution in [0.2, 0.25) is 0 Å². The fourth-order valence-corrected chi connectivity index (χ4v) is 1.86. The quantitative estimate of drug-likeness (QED) is 0.812. The first-order chi connectivity index (χ1) is 8.36. The monoisotopic (exact) mass is 253 g/mol. The molecule has 0 bridgehead atoms. The zero-order chi connectivity index (χ0) is 13.9. The SMILES string of the molecule is CCn1nc(C)c(N)c1N(C)CC(=O)NC(C)C. The number of likely N-dealkylation sites (N-methyl/N-ethyl adjacent to an activating group) is 1. The molecule has 0 spiro atoms. The van der Waals surface area contributed by atoms with Gasteiger partial charge >= 0.3 is 0 Å². The molecular formula is C12H23N5O. The molecule has 1 amide bonds. The van der Waals surface area contributed by atoms with Crippen LogP contribution >= 0.6 is 0 Å². The van der Waals surface area contributed by atoms with Crippen LogP contribution in [0.25, 0.3) is 0 Å². The van der Waals surface area contributed by atoms with Gasteiger partial charge in [-0.2, -0.15) is 5.10 Å². The van der Waals surface area contributed by atoms with Crippen molar-refractivity contribution in [2.75, 3.05) is 24.2 Å². The van der Waals surface area contributed by atoms with Crippen molar-refractivity contribution in [1.82, 2.24) is 15.1 Å². The predicted octanol–water partition coefficient (Wildman–Crippen LogP) is 0.754. The van der Waals surface area contributed by atoms with Crippen molar-refractivity contribution in [3.05, 3.63) is 5.69 Å². The molecule has 6 heteroatoms. The summed E-state index contributed by atoms with van der Waals surface area (Å²) in [6.45, 7) is 8.74. The molecule has 0 aliphatic heterocycles. The van der Waals surface area contributed by atoms with Gasteiger partial charge in [0.2, 0.25) is 5.91 Å². The summed E-state index contributed by atoms with van der Waals surface area (Å²) < 4.78 is 1.81. The number of carbonyl (C=O) groups is 1. The Bertz CT molecular complexity index is 424. The number of aromatic nitrogens is 2. The van der Waals surface area contributed by atoms with Gasteiger partial charge < -0.3 is 16.0 Å². The van der Waals surface area contributed by atoms with Crippen LogP contribution in [0.3, 0.4) is 0 Å². The molecule has 3 N–H and O–H groups in total. The summed E-state index contributed by atoms with van der Waals surface area (Å²) in [6.07, 6.45) is 0. The number of amides is 1. The van der Waals surface area contributed by atoms with Crippen LogP contribution in [0.4, 0.5) is 11.5 Å². The van der Waals surface area contributed by atoms with E-state index in [-0.39, 0.29) is 18.5 Å². The number of nitrogens with two attached hydrogens (primary N) is 1. The number of anilines is 2. The molecule has 0 aliphatic rings. The first kappa shape index (κ1) is 14.3. The summed E-state index contributed by atoms with van der Waals surface area (Å²) in [7, 11) is 1.85. The van der Waals surface area contributed by atoms with Gasteiger partial charge in [-0.3, -0.25) is 4.79 Å². The summed E-state index contributed by atoms with van der Waals surface area (Å²) in [6, 6.07) is 0.140. The highest BCUT2D eigenvalue weighted by molar-refractivity contribution is 5.82. The maximum absolute atomic E-state index is 11.7. The Morgan fingerprint density at radius 3 is 2.67 bits per heavy atom. The Morgan fingerprint density at radius 2 is 2.17 bits per heavy atom. The van der Waals surface area contributed by atoms with E-state index < -0.39 is 0 Å². The van der Waals surface area contributed by atoms with Crippen molar-refractivity contribution in [1.29, 1.82) is 0 Å². The van der Waals surface area contributed by atoms with Crippen molar-refractivity contribution in [3.63, 3.8) is 0 Å². The van der Waals surface area contributed by atoms with Crippen LogP contribution in [-0.4, -0.2) is 35.3 Å². The summed E-state index contributed by atoms with van der Waals surface area (Å²) in [5.74, 6) is 0.780. The van der Waals surface area contributed by atoms with Crippen LogP contribution in [-0.2, 0) is 11.3 Å². The van der Waals surface area contributed by atoms with Gasteiger partial charge in [0.25, 0.3) is 0 Å². The third kappa shape index (κ3) is 3.15. The second-order valence-electron chi connectivity index (χ2n) is 4.72. The maximum atomic E-state index is 11.7. The van der Waals surface area contributed by atoms with Gasteiger partial charge in [0.15, 0.2) is 5.82 Å². The molecule has 0 unspecified atom stereocenters. The molecule has 102 valence electrons. The average molecular weight is 253 g/mol.